The minimum atomic E-state index is 0.498. The molecule has 13 heavy (non-hydrogen) atoms. The number of hydrogen-bond acceptors (Lipinski definition) is 5. The monoisotopic (exact) mass is 201 g/mol. The normalized spacial score (nSPS) is 11.5. The molecule has 0 saturated heterocycles. The first-order chi connectivity index (χ1) is 6.08. The molecular formula is C8H15N3OS. The lowest BCUT2D eigenvalue weighted by atomic mass is 10.5. The summed E-state index contributed by atoms with van der Waals surface area (Å²) in [5.74, 6) is 0. The summed E-state index contributed by atoms with van der Waals surface area (Å²) in [5, 5.41) is 11.1. The summed E-state index contributed by atoms with van der Waals surface area (Å²) in [5.41, 5.74) is 0. The van der Waals surface area contributed by atoms with Crippen molar-refractivity contribution in [1.29, 1.82) is 0 Å². The van der Waals surface area contributed by atoms with Crippen LogP contribution in [0.25, 0.3) is 0 Å². The van der Waals surface area contributed by atoms with E-state index < -0.39 is 0 Å². The fraction of sp³-hybridized carbons (Fsp3) is 0.625. The molecule has 0 amide bonds. The number of hydrogen-bond donors (Lipinski definition) is 1. The van der Waals surface area contributed by atoms with E-state index in [0.717, 1.165) is 16.6 Å². The van der Waals surface area contributed by atoms with E-state index in [-0.39, 0.29) is 0 Å². The van der Waals surface area contributed by atoms with E-state index in [2.05, 4.69) is 9.88 Å². The molecule has 1 rings (SSSR count). The van der Waals surface area contributed by atoms with Crippen LogP contribution >= 0.6 is 11.3 Å². The minimum Gasteiger partial charge on any atom is -0.314 e. The van der Waals surface area contributed by atoms with E-state index >= 15 is 0 Å². The summed E-state index contributed by atoms with van der Waals surface area (Å²) >= 11 is 1.64. The van der Waals surface area contributed by atoms with Gasteiger partial charge < -0.3 is 10.1 Å². The molecule has 0 fully saturated rings. The maximum atomic E-state index is 8.99. The zero-order valence-electron chi connectivity index (χ0n) is 8.19. The highest BCUT2D eigenvalue weighted by atomic mass is 32.1. The second-order valence-electron chi connectivity index (χ2n) is 3.27. The molecule has 0 unspecified atom stereocenters. The Morgan fingerprint density at radius 2 is 2.08 bits per heavy atom. The molecule has 1 heterocycles. The molecule has 4 nitrogen and oxygen atoms in total. The van der Waals surface area contributed by atoms with E-state index in [4.69, 9.17) is 5.21 Å². The zero-order valence-corrected chi connectivity index (χ0v) is 9.01. The molecule has 5 heteroatoms. The fourth-order valence-corrected chi connectivity index (χ4v) is 2.09. The van der Waals surface area contributed by atoms with E-state index in [1.807, 2.05) is 20.3 Å². The van der Waals surface area contributed by atoms with Crippen LogP contribution < -0.4 is 0 Å². The Balaban J connectivity index is 2.53. The standard InChI is InChI=1S/C8H15N3OS/c1-10(2)5-7-4-9-8(13-7)6-11(3)12/h4,12H,5-6H2,1-3H3. The third kappa shape index (κ3) is 3.82. The maximum absolute atomic E-state index is 8.99. The molecule has 0 aromatic carbocycles. The predicted molar refractivity (Wildman–Crippen MR) is 52.8 cm³/mol. The van der Waals surface area contributed by atoms with Crippen molar-refractivity contribution in [1.82, 2.24) is 14.9 Å². The molecule has 1 aromatic heterocycles. The third-order valence-corrected chi connectivity index (χ3v) is 2.40. The van der Waals surface area contributed by atoms with Crippen LogP contribution in [0.5, 0.6) is 0 Å². The Hall–Kier alpha value is -0.490. The van der Waals surface area contributed by atoms with E-state index in [1.54, 1.807) is 18.4 Å². The van der Waals surface area contributed by atoms with Crippen molar-refractivity contribution in [3.8, 4) is 0 Å². The maximum Gasteiger partial charge on any atom is 0.109 e. The predicted octanol–water partition coefficient (Wildman–Crippen LogP) is 1.03. The van der Waals surface area contributed by atoms with Gasteiger partial charge in [-0.25, -0.2) is 4.98 Å². The second-order valence-corrected chi connectivity index (χ2v) is 4.47. The first-order valence-corrected chi connectivity index (χ1v) is 4.88. The van der Waals surface area contributed by atoms with Gasteiger partial charge in [-0.15, -0.1) is 11.3 Å². The summed E-state index contributed by atoms with van der Waals surface area (Å²) in [7, 11) is 5.67. The average molecular weight is 201 g/mol. The van der Waals surface area contributed by atoms with E-state index in [9.17, 15) is 0 Å². The highest BCUT2D eigenvalue weighted by Gasteiger charge is 2.04. The van der Waals surface area contributed by atoms with Gasteiger partial charge in [-0.2, -0.15) is 5.06 Å². The van der Waals surface area contributed by atoms with Gasteiger partial charge in [0, 0.05) is 24.7 Å². The summed E-state index contributed by atoms with van der Waals surface area (Å²) in [6.07, 6.45) is 1.86. The van der Waals surface area contributed by atoms with Crippen LogP contribution in [0.2, 0.25) is 0 Å². The first-order valence-electron chi connectivity index (χ1n) is 4.06. The molecule has 0 bridgehead atoms. The molecule has 0 atom stereocenters. The lowest BCUT2D eigenvalue weighted by molar-refractivity contribution is -0.0731. The van der Waals surface area contributed by atoms with E-state index in [1.165, 1.54) is 4.88 Å². The Bertz CT molecular complexity index is 235. The van der Waals surface area contributed by atoms with Crippen molar-refractivity contribution in [3.05, 3.63) is 16.1 Å². The largest absolute Gasteiger partial charge is 0.314 e. The smallest absolute Gasteiger partial charge is 0.109 e. The minimum absolute atomic E-state index is 0.498. The van der Waals surface area contributed by atoms with Gasteiger partial charge in [0.1, 0.15) is 5.01 Å². The second kappa shape index (κ2) is 4.66. The number of thiazole rings is 1. The van der Waals surface area contributed by atoms with Gasteiger partial charge in [-0.05, 0) is 14.1 Å². The number of hydroxylamine groups is 2. The van der Waals surface area contributed by atoms with Crippen molar-refractivity contribution in [2.75, 3.05) is 21.1 Å². The molecule has 0 spiro atoms. The Morgan fingerprint density at radius 1 is 1.38 bits per heavy atom. The Morgan fingerprint density at radius 3 is 2.62 bits per heavy atom. The van der Waals surface area contributed by atoms with Crippen LogP contribution in [0.3, 0.4) is 0 Å². The number of aromatic nitrogens is 1. The van der Waals surface area contributed by atoms with Gasteiger partial charge >= 0.3 is 0 Å². The van der Waals surface area contributed by atoms with Crippen LogP contribution in [0, 0.1) is 0 Å². The highest BCUT2D eigenvalue weighted by Crippen LogP contribution is 2.14. The summed E-state index contributed by atoms with van der Waals surface area (Å²) in [4.78, 5) is 7.52. The molecule has 0 saturated carbocycles. The van der Waals surface area contributed by atoms with Crippen molar-refractivity contribution >= 4 is 11.3 Å². The van der Waals surface area contributed by atoms with Crippen LogP contribution in [-0.2, 0) is 13.1 Å². The molecule has 1 aromatic rings. The summed E-state index contributed by atoms with van der Waals surface area (Å²) < 4.78 is 0. The van der Waals surface area contributed by atoms with Gasteiger partial charge in [0.15, 0.2) is 0 Å². The number of nitrogens with zero attached hydrogens (tertiary/aromatic N) is 3. The van der Waals surface area contributed by atoms with Gasteiger partial charge in [0.2, 0.25) is 0 Å². The average Bonchev–Trinajstić information content (AvgIpc) is 2.33. The highest BCUT2D eigenvalue weighted by molar-refractivity contribution is 7.11. The van der Waals surface area contributed by atoms with Gasteiger partial charge in [-0.1, -0.05) is 0 Å². The van der Waals surface area contributed by atoms with Crippen LogP contribution in [0.15, 0.2) is 6.20 Å². The molecule has 0 aliphatic carbocycles. The van der Waals surface area contributed by atoms with Crippen LogP contribution in [0.4, 0.5) is 0 Å². The Labute approximate surface area is 82.4 Å². The topological polar surface area (TPSA) is 39.6 Å². The summed E-state index contributed by atoms with van der Waals surface area (Å²) in [6.45, 7) is 1.41. The van der Waals surface area contributed by atoms with Crippen LogP contribution in [0.1, 0.15) is 9.88 Å². The first kappa shape index (κ1) is 10.6. The van der Waals surface area contributed by atoms with Gasteiger partial charge in [-0.3, -0.25) is 0 Å². The fourth-order valence-electron chi connectivity index (χ4n) is 1.00. The van der Waals surface area contributed by atoms with Crippen molar-refractivity contribution in [2.24, 2.45) is 0 Å². The molecule has 74 valence electrons. The summed E-state index contributed by atoms with van der Waals surface area (Å²) in [6, 6.07) is 0. The SMILES string of the molecule is CN(C)Cc1cnc(CN(C)O)s1. The van der Waals surface area contributed by atoms with Crippen molar-refractivity contribution in [2.45, 2.75) is 13.1 Å². The van der Waals surface area contributed by atoms with E-state index in [0.29, 0.717) is 6.54 Å². The molecule has 1 N–H and O–H groups in total. The van der Waals surface area contributed by atoms with Crippen molar-refractivity contribution < 1.29 is 5.21 Å². The molecule has 0 aliphatic rings. The molecule has 0 aliphatic heterocycles. The number of rotatable bonds is 4. The molecular weight excluding hydrogens is 186 g/mol. The van der Waals surface area contributed by atoms with Crippen molar-refractivity contribution in [3.63, 3.8) is 0 Å². The Kier molecular flexibility index (Phi) is 3.80. The van der Waals surface area contributed by atoms with Crippen LogP contribution in [-0.4, -0.2) is 41.3 Å². The lowest BCUT2D eigenvalue weighted by Gasteiger charge is -2.06. The third-order valence-electron chi connectivity index (χ3n) is 1.44. The zero-order chi connectivity index (χ0) is 9.84. The molecule has 0 radical (unpaired) electrons. The van der Waals surface area contributed by atoms with Gasteiger partial charge in [0.05, 0.1) is 6.54 Å². The lowest BCUT2D eigenvalue weighted by Crippen LogP contribution is -2.11. The quantitative estimate of drug-likeness (QED) is 0.738. The van der Waals surface area contributed by atoms with Gasteiger partial charge in [0.25, 0.3) is 0 Å².